The molecule has 128 valence electrons. The van der Waals surface area contributed by atoms with Crippen molar-refractivity contribution < 1.29 is 0 Å². The first kappa shape index (κ1) is 18.3. The molecule has 0 amide bonds. The summed E-state index contributed by atoms with van der Waals surface area (Å²) in [4.78, 5) is 4.52. The van der Waals surface area contributed by atoms with Crippen molar-refractivity contribution >= 4 is 11.9 Å². The van der Waals surface area contributed by atoms with Gasteiger partial charge in [-0.15, -0.1) is 0 Å². The summed E-state index contributed by atoms with van der Waals surface area (Å²) >= 11 is 0. The highest BCUT2D eigenvalue weighted by molar-refractivity contribution is 5.62. The van der Waals surface area contributed by atoms with E-state index in [0.717, 1.165) is 29.1 Å². The first-order valence-electron chi connectivity index (χ1n) is 8.91. The molecule has 0 radical (unpaired) electrons. The summed E-state index contributed by atoms with van der Waals surface area (Å²) < 4.78 is 0. The third-order valence-electron chi connectivity index (χ3n) is 4.57. The lowest BCUT2D eigenvalue weighted by molar-refractivity contribution is 0.688. The highest BCUT2D eigenvalue weighted by Crippen LogP contribution is 2.27. The minimum absolute atomic E-state index is 0.882. The number of allylic oxidation sites excluding steroid dienone is 4. The molecule has 2 heteroatoms. The van der Waals surface area contributed by atoms with E-state index in [0.29, 0.717) is 0 Å². The summed E-state index contributed by atoms with van der Waals surface area (Å²) in [5.74, 6) is 0.882. The van der Waals surface area contributed by atoms with Gasteiger partial charge in [0, 0.05) is 11.9 Å². The first-order valence-corrected chi connectivity index (χ1v) is 8.91. The normalized spacial score (nSPS) is 15.9. The van der Waals surface area contributed by atoms with Crippen LogP contribution in [0.4, 0.5) is 5.69 Å². The fourth-order valence-electron chi connectivity index (χ4n) is 2.98. The number of hydrogen-bond acceptors (Lipinski definition) is 2. The van der Waals surface area contributed by atoms with E-state index in [9.17, 15) is 0 Å². The molecule has 0 heterocycles. The zero-order valence-electron chi connectivity index (χ0n) is 15.6. The third kappa shape index (κ3) is 4.95. The molecule has 1 aromatic carbocycles. The maximum absolute atomic E-state index is 4.52. The Morgan fingerprint density at radius 3 is 2.71 bits per heavy atom. The van der Waals surface area contributed by atoms with Crippen molar-refractivity contribution in [3.8, 4) is 0 Å². The van der Waals surface area contributed by atoms with Gasteiger partial charge in [0.05, 0.1) is 0 Å². The highest BCUT2D eigenvalue weighted by Gasteiger charge is 2.11. The summed E-state index contributed by atoms with van der Waals surface area (Å²) in [7, 11) is 0. The molecule has 2 nitrogen and oxygen atoms in total. The minimum atomic E-state index is 0.882. The van der Waals surface area contributed by atoms with Gasteiger partial charge in [-0.2, -0.15) is 0 Å². The van der Waals surface area contributed by atoms with Gasteiger partial charge in [-0.3, -0.25) is 0 Å². The Morgan fingerprint density at radius 1 is 1.29 bits per heavy atom. The van der Waals surface area contributed by atoms with Crippen molar-refractivity contribution in [3.63, 3.8) is 0 Å². The van der Waals surface area contributed by atoms with Gasteiger partial charge >= 0.3 is 0 Å². The molecule has 0 spiro atoms. The summed E-state index contributed by atoms with van der Waals surface area (Å²) in [6.45, 7) is 12.2. The predicted molar refractivity (Wildman–Crippen MR) is 107 cm³/mol. The van der Waals surface area contributed by atoms with Crippen LogP contribution in [-0.2, 0) is 6.42 Å². The first-order chi connectivity index (χ1) is 11.5. The van der Waals surface area contributed by atoms with E-state index in [4.69, 9.17) is 0 Å². The fourth-order valence-corrected chi connectivity index (χ4v) is 2.98. The molecule has 0 saturated heterocycles. The molecule has 2 rings (SSSR count). The molecule has 0 saturated carbocycles. The van der Waals surface area contributed by atoms with Crippen LogP contribution in [0.1, 0.15) is 57.6 Å². The van der Waals surface area contributed by atoms with Crippen LogP contribution in [0.3, 0.4) is 0 Å². The van der Waals surface area contributed by atoms with E-state index in [-0.39, 0.29) is 0 Å². The van der Waals surface area contributed by atoms with Gasteiger partial charge in [-0.1, -0.05) is 41.5 Å². The van der Waals surface area contributed by atoms with E-state index in [1.807, 2.05) is 20.1 Å². The van der Waals surface area contributed by atoms with E-state index in [1.165, 1.54) is 36.8 Å². The van der Waals surface area contributed by atoms with Crippen molar-refractivity contribution in [2.24, 2.45) is 4.99 Å². The Hall–Kier alpha value is -2.09. The smallest absolute Gasteiger partial charge is 0.133 e. The second kappa shape index (κ2) is 8.68. The number of benzene rings is 1. The van der Waals surface area contributed by atoms with E-state index >= 15 is 0 Å². The molecule has 1 aliphatic rings. The monoisotopic (exact) mass is 322 g/mol. The topological polar surface area (TPSA) is 24.4 Å². The standard InChI is InChI=1S/C22H30N2/c1-6-23-22(18(5)16(2)3)24-21-13-12-17(4)14-20(21)15-19-10-8-7-9-11-19/h6,10,12-14,24H,2,7-9,11,15H2,1,3-5H3/b22-18+,23-6?. The Labute approximate surface area is 147 Å². The van der Waals surface area contributed by atoms with E-state index in [2.05, 4.69) is 55.0 Å². The van der Waals surface area contributed by atoms with Crippen LogP contribution in [0.2, 0.25) is 0 Å². The molecule has 0 aromatic heterocycles. The van der Waals surface area contributed by atoms with Crippen LogP contribution in [0.15, 0.2) is 58.4 Å². The lowest BCUT2D eigenvalue weighted by atomic mass is 9.93. The SMILES string of the molecule is C=C(C)/C(C)=C(\N=CC)Nc1ccc(C)cc1CC1=CCCCC1. The summed E-state index contributed by atoms with van der Waals surface area (Å²) in [6.07, 6.45) is 10.4. The maximum Gasteiger partial charge on any atom is 0.133 e. The molecular weight excluding hydrogens is 292 g/mol. The van der Waals surface area contributed by atoms with Gasteiger partial charge in [0.2, 0.25) is 0 Å². The van der Waals surface area contributed by atoms with Crippen LogP contribution in [0.25, 0.3) is 0 Å². The fraction of sp³-hybridized carbons (Fsp3) is 0.409. The minimum Gasteiger partial charge on any atom is -0.340 e. The molecular formula is C22H30N2. The summed E-state index contributed by atoms with van der Waals surface area (Å²) in [6, 6.07) is 6.62. The number of anilines is 1. The molecule has 0 unspecified atom stereocenters. The Morgan fingerprint density at radius 2 is 2.08 bits per heavy atom. The zero-order valence-corrected chi connectivity index (χ0v) is 15.6. The Balaban J connectivity index is 2.33. The van der Waals surface area contributed by atoms with E-state index in [1.54, 1.807) is 5.57 Å². The van der Waals surface area contributed by atoms with Gasteiger partial charge in [-0.25, -0.2) is 4.99 Å². The molecule has 24 heavy (non-hydrogen) atoms. The molecule has 0 bridgehead atoms. The van der Waals surface area contributed by atoms with Crippen LogP contribution in [-0.4, -0.2) is 6.21 Å². The third-order valence-corrected chi connectivity index (χ3v) is 4.57. The van der Waals surface area contributed by atoms with Crippen LogP contribution in [0.5, 0.6) is 0 Å². The van der Waals surface area contributed by atoms with Crippen molar-refractivity contribution in [3.05, 3.63) is 64.5 Å². The average molecular weight is 322 g/mol. The van der Waals surface area contributed by atoms with Gasteiger partial charge in [0.15, 0.2) is 0 Å². The molecule has 0 atom stereocenters. The van der Waals surface area contributed by atoms with Crippen molar-refractivity contribution in [1.29, 1.82) is 0 Å². The van der Waals surface area contributed by atoms with Crippen LogP contribution < -0.4 is 5.32 Å². The molecule has 0 aliphatic heterocycles. The number of rotatable bonds is 6. The molecule has 1 aromatic rings. The van der Waals surface area contributed by atoms with Gasteiger partial charge < -0.3 is 5.32 Å². The maximum atomic E-state index is 4.52. The summed E-state index contributed by atoms with van der Waals surface area (Å²) in [5.41, 5.74) is 7.49. The predicted octanol–water partition coefficient (Wildman–Crippen LogP) is 6.35. The number of aliphatic imine (C=N–C) groups is 1. The van der Waals surface area contributed by atoms with Crippen LogP contribution >= 0.6 is 0 Å². The highest BCUT2D eigenvalue weighted by atomic mass is 15.0. The second-order valence-corrected chi connectivity index (χ2v) is 6.71. The lowest BCUT2D eigenvalue weighted by Gasteiger charge is -2.18. The zero-order chi connectivity index (χ0) is 17.5. The second-order valence-electron chi connectivity index (χ2n) is 6.71. The number of hydrogen-bond donors (Lipinski definition) is 1. The van der Waals surface area contributed by atoms with Gasteiger partial charge in [0.25, 0.3) is 0 Å². The molecule has 1 aliphatic carbocycles. The Kier molecular flexibility index (Phi) is 6.60. The molecule has 1 N–H and O–H groups in total. The largest absolute Gasteiger partial charge is 0.340 e. The quantitative estimate of drug-likeness (QED) is 0.368. The lowest BCUT2D eigenvalue weighted by Crippen LogP contribution is -2.06. The number of nitrogens with zero attached hydrogens (tertiary/aromatic N) is 1. The van der Waals surface area contributed by atoms with Gasteiger partial charge in [-0.05, 0) is 77.0 Å². The number of nitrogens with one attached hydrogen (secondary N) is 1. The van der Waals surface area contributed by atoms with Crippen LogP contribution in [0, 0.1) is 6.92 Å². The summed E-state index contributed by atoms with van der Waals surface area (Å²) in [5, 5.41) is 3.54. The molecule has 0 fully saturated rings. The average Bonchev–Trinajstić information content (AvgIpc) is 2.56. The number of aryl methyl sites for hydroxylation is 1. The van der Waals surface area contributed by atoms with E-state index < -0.39 is 0 Å². The Bertz CT molecular complexity index is 690. The van der Waals surface area contributed by atoms with Crippen molar-refractivity contribution in [2.45, 2.75) is 59.8 Å². The van der Waals surface area contributed by atoms with Crippen molar-refractivity contribution in [2.75, 3.05) is 5.32 Å². The van der Waals surface area contributed by atoms with Crippen molar-refractivity contribution in [1.82, 2.24) is 0 Å². The van der Waals surface area contributed by atoms with Gasteiger partial charge in [0.1, 0.15) is 5.82 Å².